The summed E-state index contributed by atoms with van der Waals surface area (Å²) in [6.07, 6.45) is 0. The molecule has 0 amide bonds. The van der Waals surface area contributed by atoms with Gasteiger partial charge in [0, 0.05) is 5.56 Å². The summed E-state index contributed by atoms with van der Waals surface area (Å²) in [4.78, 5) is 15.5. The molecule has 0 aliphatic carbocycles. The van der Waals surface area contributed by atoms with Crippen molar-refractivity contribution in [2.24, 2.45) is 0 Å². The number of carbonyl (C=O) groups excluding carboxylic acids is 1. The third-order valence-corrected chi connectivity index (χ3v) is 4.36. The fourth-order valence-corrected chi connectivity index (χ4v) is 3.30. The Labute approximate surface area is 127 Å². The van der Waals surface area contributed by atoms with Gasteiger partial charge in [-0.15, -0.1) is 11.3 Å². The first-order valence-corrected chi connectivity index (χ1v) is 7.18. The van der Waals surface area contributed by atoms with Gasteiger partial charge in [0.05, 0.1) is 20.8 Å². The maximum absolute atomic E-state index is 13.2. The molecule has 0 saturated carbocycles. The Kier molecular flexibility index (Phi) is 3.46. The van der Waals surface area contributed by atoms with E-state index < -0.39 is 5.24 Å². The number of hydrogen-bond donors (Lipinski definition) is 0. The number of rotatable bonds is 2. The number of carbonyl (C=O) groups is 1. The molecule has 1 heterocycles. The zero-order valence-electron chi connectivity index (χ0n) is 9.86. The Morgan fingerprint density at radius 2 is 2.00 bits per heavy atom. The largest absolute Gasteiger partial charge is 0.276 e. The molecule has 20 heavy (non-hydrogen) atoms. The van der Waals surface area contributed by atoms with Gasteiger partial charge >= 0.3 is 0 Å². The molecule has 0 unspecified atom stereocenters. The summed E-state index contributed by atoms with van der Waals surface area (Å²) in [6, 6.07) is 9.34. The van der Waals surface area contributed by atoms with E-state index in [0.29, 0.717) is 5.01 Å². The van der Waals surface area contributed by atoms with Crippen molar-refractivity contribution in [2.75, 3.05) is 0 Å². The number of fused-ring (bicyclic) bond motifs is 1. The van der Waals surface area contributed by atoms with E-state index in [0.717, 1.165) is 15.8 Å². The monoisotopic (exact) mass is 325 g/mol. The lowest BCUT2D eigenvalue weighted by atomic mass is 10.1. The highest BCUT2D eigenvalue weighted by Crippen LogP contribution is 2.33. The number of halogens is 3. The molecule has 0 spiro atoms. The van der Waals surface area contributed by atoms with Crippen LogP contribution in [0.1, 0.15) is 10.4 Å². The number of thiazole rings is 1. The average Bonchev–Trinajstić information content (AvgIpc) is 2.81. The zero-order valence-corrected chi connectivity index (χ0v) is 12.2. The van der Waals surface area contributed by atoms with Gasteiger partial charge in [0.1, 0.15) is 10.8 Å². The van der Waals surface area contributed by atoms with Gasteiger partial charge in [-0.1, -0.05) is 17.7 Å². The Hall–Kier alpha value is -1.49. The zero-order chi connectivity index (χ0) is 14.3. The summed E-state index contributed by atoms with van der Waals surface area (Å²) in [7, 11) is 0. The second kappa shape index (κ2) is 5.13. The minimum absolute atomic E-state index is 0.254. The van der Waals surface area contributed by atoms with Crippen LogP contribution in [-0.4, -0.2) is 10.2 Å². The number of benzene rings is 2. The Balaban J connectivity index is 2.11. The third kappa shape index (κ3) is 2.42. The lowest BCUT2D eigenvalue weighted by Gasteiger charge is -2.01. The lowest BCUT2D eigenvalue weighted by molar-refractivity contribution is 0.108. The highest BCUT2D eigenvalue weighted by Gasteiger charge is 2.12. The van der Waals surface area contributed by atoms with E-state index in [9.17, 15) is 9.18 Å². The highest BCUT2D eigenvalue weighted by molar-refractivity contribution is 7.21. The van der Waals surface area contributed by atoms with Crippen molar-refractivity contribution in [2.45, 2.75) is 0 Å². The molecule has 1 aromatic heterocycles. The second-order valence-corrected chi connectivity index (χ2v) is 5.88. The Bertz CT molecular complexity index is 831. The molecule has 100 valence electrons. The van der Waals surface area contributed by atoms with Crippen molar-refractivity contribution in [3.8, 4) is 10.6 Å². The van der Waals surface area contributed by atoms with E-state index in [1.807, 2.05) is 0 Å². The smallest absolute Gasteiger partial charge is 0.253 e. The maximum Gasteiger partial charge on any atom is 0.253 e. The normalized spacial score (nSPS) is 10.9. The maximum atomic E-state index is 13.2. The molecule has 2 nitrogen and oxygen atoms in total. The van der Waals surface area contributed by atoms with Crippen LogP contribution in [-0.2, 0) is 0 Å². The quantitative estimate of drug-likeness (QED) is 0.611. The molecule has 2 aromatic carbocycles. The number of nitrogens with zero attached hydrogens (tertiary/aromatic N) is 1. The van der Waals surface area contributed by atoms with Crippen LogP contribution in [0.2, 0.25) is 5.02 Å². The number of aromatic nitrogens is 1. The van der Waals surface area contributed by atoms with E-state index >= 15 is 0 Å². The molecule has 0 aliphatic rings. The Morgan fingerprint density at radius 3 is 2.70 bits per heavy atom. The number of hydrogen-bond acceptors (Lipinski definition) is 3. The molecule has 0 N–H and O–H groups in total. The van der Waals surface area contributed by atoms with Crippen molar-refractivity contribution in [3.05, 3.63) is 52.8 Å². The predicted molar refractivity (Wildman–Crippen MR) is 80.2 cm³/mol. The third-order valence-electron chi connectivity index (χ3n) is 2.78. The summed E-state index contributed by atoms with van der Waals surface area (Å²) in [6.45, 7) is 0. The van der Waals surface area contributed by atoms with Crippen LogP contribution in [0, 0.1) is 5.82 Å². The van der Waals surface area contributed by atoms with E-state index in [2.05, 4.69) is 4.98 Å². The minimum atomic E-state index is -0.604. The van der Waals surface area contributed by atoms with E-state index in [4.69, 9.17) is 23.2 Å². The van der Waals surface area contributed by atoms with Gasteiger partial charge in [-0.2, -0.15) is 0 Å². The average molecular weight is 326 g/mol. The standard InChI is InChI=1S/C14H6Cl2FNOS/c15-10-5-7(1-3-9(10)13(16)19)14-18-11-4-2-8(17)6-12(11)20-14/h1-6H. The fraction of sp³-hybridized carbons (Fsp3) is 0. The molecule has 6 heteroatoms. The van der Waals surface area contributed by atoms with E-state index in [1.165, 1.54) is 23.5 Å². The summed E-state index contributed by atoms with van der Waals surface area (Å²) >= 11 is 12.8. The summed E-state index contributed by atoms with van der Waals surface area (Å²) < 4.78 is 13.9. The van der Waals surface area contributed by atoms with Crippen molar-refractivity contribution < 1.29 is 9.18 Å². The van der Waals surface area contributed by atoms with Crippen LogP contribution in [0.5, 0.6) is 0 Å². The molecular formula is C14H6Cl2FNOS. The summed E-state index contributed by atoms with van der Waals surface area (Å²) in [5, 5.41) is 0.377. The summed E-state index contributed by atoms with van der Waals surface area (Å²) in [5.74, 6) is -0.297. The molecule has 0 atom stereocenters. The molecule has 0 bridgehead atoms. The fourth-order valence-electron chi connectivity index (χ4n) is 1.83. The van der Waals surface area contributed by atoms with Gasteiger partial charge < -0.3 is 0 Å². The van der Waals surface area contributed by atoms with E-state index in [-0.39, 0.29) is 16.4 Å². The highest BCUT2D eigenvalue weighted by atomic mass is 35.5. The molecule has 0 aliphatic heterocycles. The van der Waals surface area contributed by atoms with E-state index in [1.54, 1.807) is 24.3 Å². The molecule has 0 radical (unpaired) electrons. The lowest BCUT2D eigenvalue weighted by Crippen LogP contribution is -1.90. The topological polar surface area (TPSA) is 30.0 Å². The van der Waals surface area contributed by atoms with Crippen LogP contribution >= 0.6 is 34.5 Å². The molecule has 3 aromatic rings. The van der Waals surface area contributed by atoms with Crippen molar-refractivity contribution in [1.29, 1.82) is 0 Å². The van der Waals surface area contributed by atoms with Gasteiger partial charge in [0.15, 0.2) is 0 Å². The predicted octanol–water partition coefficient (Wildman–Crippen LogP) is 5.13. The summed E-state index contributed by atoms with van der Waals surface area (Å²) in [5.41, 5.74) is 1.74. The van der Waals surface area contributed by atoms with Crippen molar-refractivity contribution in [1.82, 2.24) is 4.98 Å². The minimum Gasteiger partial charge on any atom is -0.276 e. The molecule has 3 rings (SSSR count). The van der Waals surface area contributed by atoms with Gasteiger partial charge in [-0.05, 0) is 41.9 Å². The van der Waals surface area contributed by atoms with Gasteiger partial charge in [0.25, 0.3) is 5.24 Å². The van der Waals surface area contributed by atoms with Crippen LogP contribution in [0.25, 0.3) is 20.8 Å². The van der Waals surface area contributed by atoms with Gasteiger partial charge in [0.2, 0.25) is 0 Å². The molecule has 0 fully saturated rings. The Morgan fingerprint density at radius 1 is 1.20 bits per heavy atom. The first kappa shape index (κ1) is 13.5. The van der Waals surface area contributed by atoms with Crippen LogP contribution in [0.15, 0.2) is 36.4 Å². The van der Waals surface area contributed by atoms with Crippen LogP contribution in [0.3, 0.4) is 0 Å². The van der Waals surface area contributed by atoms with Gasteiger partial charge in [-0.25, -0.2) is 9.37 Å². The van der Waals surface area contributed by atoms with Crippen LogP contribution in [0.4, 0.5) is 4.39 Å². The second-order valence-electron chi connectivity index (χ2n) is 4.10. The van der Waals surface area contributed by atoms with Gasteiger partial charge in [-0.3, -0.25) is 4.79 Å². The van der Waals surface area contributed by atoms with Crippen molar-refractivity contribution >= 4 is 50.0 Å². The molecule has 0 saturated heterocycles. The first-order chi connectivity index (χ1) is 9.54. The molecular weight excluding hydrogens is 320 g/mol. The first-order valence-electron chi connectivity index (χ1n) is 5.60. The van der Waals surface area contributed by atoms with Crippen molar-refractivity contribution in [3.63, 3.8) is 0 Å². The SMILES string of the molecule is O=C(Cl)c1ccc(-c2nc3ccc(F)cc3s2)cc1Cl. The van der Waals surface area contributed by atoms with Crippen LogP contribution < -0.4 is 0 Å².